The normalized spacial score (nSPS) is 12.0. The molecule has 0 aromatic carbocycles. The smallest absolute Gasteiger partial charge is 0.330 e. The molecule has 0 aromatic heterocycles. The van der Waals surface area contributed by atoms with Crippen molar-refractivity contribution >= 4 is 21.9 Å². The molecule has 0 aliphatic carbocycles. The maximum absolute atomic E-state index is 10.8. The topological polar surface area (TPSA) is 44.8 Å². The molecule has 0 aliphatic rings. The van der Waals surface area contributed by atoms with E-state index in [2.05, 4.69) is 20.7 Å². The Bertz CT molecular complexity index is 178. The number of carbonyl (C=O) groups is 1. The predicted octanol–water partition coefficient (Wildman–Crippen LogP) is 1.10. The van der Waals surface area contributed by atoms with Crippen LogP contribution in [0, 0.1) is 0 Å². The zero-order chi connectivity index (χ0) is 10.3. The van der Waals surface area contributed by atoms with Gasteiger partial charge in [-0.25, -0.2) is 4.79 Å². The van der Waals surface area contributed by atoms with E-state index in [0.717, 1.165) is 0 Å². The number of halogens is 1. The first-order chi connectivity index (χ1) is 6.14. The van der Waals surface area contributed by atoms with Gasteiger partial charge in [-0.2, -0.15) is 0 Å². The molecule has 0 saturated carbocycles. The number of alkyl halides is 1. The van der Waals surface area contributed by atoms with E-state index < -0.39 is 11.8 Å². The van der Waals surface area contributed by atoms with Crippen molar-refractivity contribution in [3.05, 3.63) is 12.2 Å². The van der Waals surface area contributed by atoms with Crippen LogP contribution in [0.5, 0.6) is 0 Å². The highest BCUT2D eigenvalue weighted by molar-refractivity contribution is 9.09. The Hall–Kier alpha value is -0.390. The third-order valence-corrected chi connectivity index (χ3v) is 2.33. The van der Waals surface area contributed by atoms with Gasteiger partial charge in [-0.15, -0.1) is 0 Å². The second kappa shape index (κ2) is 6.12. The van der Waals surface area contributed by atoms with E-state index in [4.69, 9.17) is 9.47 Å². The summed E-state index contributed by atoms with van der Waals surface area (Å²) in [5.41, 5.74) is 0. The van der Waals surface area contributed by atoms with Crippen LogP contribution in [0.4, 0.5) is 0 Å². The molecular formula is C8H13BrO4. The van der Waals surface area contributed by atoms with Gasteiger partial charge in [0.1, 0.15) is 0 Å². The van der Waals surface area contributed by atoms with Crippen LogP contribution < -0.4 is 0 Å². The number of hydrogen-bond acceptors (Lipinski definition) is 4. The van der Waals surface area contributed by atoms with Crippen LogP contribution in [0.1, 0.15) is 0 Å². The predicted molar refractivity (Wildman–Crippen MR) is 51.7 cm³/mol. The fourth-order valence-corrected chi connectivity index (χ4v) is 1.28. The van der Waals surface area contributed by atoms with Crippen LogP contribution >= 0.6 is 15.9 Å². The van der Waals surface area contributed by atoms with Crippen LogP contribution in [-0.2, 0) is 19.0 Å². The summed E-state index contributed by atoms with van der Waals surface area (Å²) in [6.07, 6.45) is 2.75. The quantitative estimate of drug-likeness (QED) is 0.318. The Labute approximate surface area is 86.0 Å². The lowest BCUT2D eigenvalue weighted by atomic mass is 10.3. The van der Waals surface area contributed by atoms with Crippen molar-refractivity contribution in [1.82, 2.24) is 0 Å². The standard InChI is InChI=1S/C8H13BrO4/c1-11-7(10)4-5-8(6-9,12-2)13-3/h4-5H,6H2,1-3H3/b5-4+. The lowest BCUT2D eigenvalue weighted by Gasteiger charge is -2.24. The van der Waals surface area contributed by atoms with Crippen molar-refractivity contribution in [2.75, 3.05) is 26.7 Å². The first-order valence-electron chi connectivity index (χ1n) is 3.57. The molecule has 0 aliphatic heterocycles. The molecule has 0 aromatic rings. The van der Waals surface area contributed by atoms with Gasteiger partial charge in [-0.1, -0.05) is 15.9 Å². The minimum atomic E-state index is -0.909. The molecule has 0 bridgehead atoms. The zero-order valence-electron chi connectivity index (χ0n) is 7.87. The Morgan fingerprint density at radius 1 is 1.38 bits per heavy atom. The number of carbonyl (C=O) groups excluding carboxylic acids is 1. The molecule has 0 radical (unpaired) electrons. The van der Waals surface area contributed by atoms with Crippen molar-refractivity contribution in [1.29, 1.82) is 0 Å². The maximum atomic E-state index is 10.8. The van der Waals surface area contributed by atoms with E-state index in [9.17, 15) is 4.79 Å². The minimum Gasteiger partial charge on any atom is -0.466 e. The molecule has 0 rings (SSSR count). The van der Waals surface area contributed by atoms with Crippen LogP contribution in [-0.4, -0.2) is 38.4 Å². The lowest BCUT2D eigenvalue weighted by Crippen LogP contribution is -2.33. The first-order valence-corrected chi connectivity index (χ1v) is 4.69. The Morgan fingerprint density at radius 2 is 1.92 bits per heavy atom. The van der Waals surface area contributed by atoms with Gasteiger partial charge in [0, 0.05) is 20.3 Å². The van der Waals surface area contributed by atoms with Crippen molar-refractivity contribution in [3.8, 4) is 0 Å². The summed E-state index contributed by atoms with van der Waals surface area (Å²) in [5, 5.41) is 0.431. The SMILES string of the molecule is COC(=O)/C=C/C(CBr)(OC)OC. The summed E-state index contributed by atoms with van der Waals surface area (Å²) in [5.74, 6) is -1.35. The van der Waals surface area contributed by atoms with Crippen LogP contribution in [0.2, 0.25) is 0 Å². The van der Waals surface area contributed by atoms with Crippen molar-refractivity contribution < 1.29 is 19.0 Å². The van der Waals surface area contributed by atoms with Gasteiger partial charge in [0.15, 0.2) is 5.79 Å². The molecule has 0 heterocycles. The molecule has 13 heavy (non-hydrogen) atoms. The summed E-state index contributed by atoms with van der Waals surface area (Å²) >= 11 is 3.21. The number of methoxy groups -OCH3 is 3. The third-order valence-electron chi connectivity index (χ3n) is 1.55. The van der Waals surface area contributed by atoms with E-state index in [-0.39, 0.29) is 0 Å². The minimum absolute atomic E-state index is 0.431. The second-order valence-electron chi connectivity index (χ2n) is 2.21. The van der Waals surface area contributed by atoms with Crippen LogP contribution in [0.15, 0.2) is 12.2 Å². The fourth-order valence-electron chi connectivity index (χ4n) is 0.636. The molecule has 0 amide bonds. The number of hydrogen-bond donors (Lipinski definition) is 0. The summed E-state index contributed by atoms with van der Waals surface area (Å²) in [4.78, 5) is 10.8. The van der Waals surface area contributed by atoms with E-state index in [1.165, 1.54) is 33.5 Å². The highest BCUT2D eigenvalue weighted by Crippen LogP contribution is 2.16. The van der Waals surface area contributed by atoms with E-state index in [0.29, 0.717) is 5.33 Å². The van der Waals surface area contributed by atoms with E-state index >= 15 is 0 Å². The van der Waals surface area contributed by atoms with Crippen molar-refractivity contribution in [3.63, 3.8) is 0 Å². The van der Waals surface area contributed by atoms with Gasteiger partial charge in [0.05, 0.1) is 12.4 Å². The van der Waals surface area contributed by atoms with Crippen LogP contribution in [0.25, 0.3) is 0 Å². The molecule has 5 heteroatoms. The van der Waals surface area contributed by atoms with Gasteiger partial charge in [-0.05, 0) is 6.08 Å². The second-order valence-corrected chi connectivity index (χ2v) is 2.77. The van der Waals surface area contributed by atoms with Gasteiger partial charge in [-0.3, -0.25) is 0 Å². The third kappa shape index (κ3) is 3.89. The molecule has 0 N–H and O–H groups in total. The van der Waals surface area contributed by atoms with Crippen molar-refractivity contribution in [2.24, 2.45) is 0 Å². The van der Waals surface area contributed by atoms with Gasteiger partial charge < -0.3 is 14.2 Å². The highest BCUT2D eigenvalue weighted by Gasteiger charge is 2.24. The Kier molecular flexibility index (Phi) is 5.94. The molecule has 0 unspecified atom stereocenters. The molecule has 4 nitrogen and oxygen atoms in total. The molecule has 0 spiro atoms. The molecule has 0 fully saturated rings. The number of rotatable bonds is 5. The van der Waals surface area contributed by atoms with Crippen molar-refractivity contribution in [2.45, 2.75) is 5.79 Å². The van der Waals surface area contributed by atoms with Crippen LogP contribution in [0.3, 0.4) is 0 Å². The molecule has 76 valence electrons. The Morgan fingerprint density at radius 3 is 2.23 bits per heavy atom. The van der Waals surface area contributed by atoms with Gasteiger partial charge >= 0.3 is 5.97 Å². The zero-order valence-corrected chi connectivity index (χ0v) is 9.46. The molecule has 0 atom stereocenters. The monoisotopic (exact) mass is 252 g/mol. The molecular weight excluding hydrogens is 240 g/mol. The average molecular weight is 253 g/mol. The summed E-state index contributed by atoms with van der Waals surface area (Å²) in [6, 6.07) is 0. The van der Waals surface area contributed by atoms with Gasteiger partial charge in [0.25, 0.3) is 0 Å². The van der Waals surface area contributed by atoms with E-state index in [1.54, 1.807) is 0 Å². The summed E-state index contributed by atoms with van der Waals surface area (Å²) in [7, 11) is 4.29. The largest absolute Gasteiger partial charge is 0.466 e. The summed E-state index contributed by atoms with van der Waals surface area (Å²) in [6.45, 7) is 0. The lowest BCUT2D eigenvalue weighted by molar-refractivity contribution is -0.152. The maximum Gasteiger partial charge on any atom is 0.330 e. The van der Waals surface area contributed by atoms with E-state index in [1.807, 2.05) is 0 Å². The van der Waals surface area contributed by atoms with Gasteiger partial charge in [0.2, 0.25) is 0 Å². The first kappa shape index (κ1) is 12.6. The molecule has 0 saturated heterocycles. The fraction of sp³-hybridized carbons (Fsp3) is 0.625. The summed E-state index contributed by atoms with van der Waals surface area (Å²) < 4.78 is 14.6. The average Bonchev–Trinajstić information content (AvgIpc) is 2.20. The number of esters is 1. The highest BCUT2D eigenvalue weighted by atomic mass is 79.9. The number of ether oxygens (including phenoxy) is 3. The Balaban J connectivity index is 4.40.